The molecule has 43 heavy (non-hydrogen) atoms. The van der Waals surface area contributed by atoms with Crippen molar-refractivity contribution in [1.29, 1.82) is 0 Å². The van der Waals surface area contributed by atoms with Crippen molar-refractivity contribution < 1.29 is 52.7 Å². The molecule has 228 valence electrons. The Labute approximate surface area is 237 Å². The summed E-state index contributed by atoms with van der Waals surface area (Å²) in [5.41, 5.74) is -10.9. The van der Waals surface area contributed by atoms with Crippen molar-refractivity contribution in [3.8, 4) is 33.4 Å². The van der Waals surface area contributed by atoms with Gasteiger partial charge in [-0.1, -0.05) is 27.7 Å². The Kier molecular flexibility index (Phi) is 8.38. The minimum Gasteiger partial charge on any atom is -0.203 e. The summed E-state index contributed by atoms with van der Waals surface area (Å²) in [6.07, 6.45) is 0. The molecule has 0 nitrogen and oxygen atoms in total. The molecule has 0 bridgehead atoms. The average molecular weight is 620 g/mol. The molecule has 4 aromatic rings. The van der Waals surface area contributed by atoms with Crippen LogP contribution in [0.5, 0.6) is 0 Å². The maximum absolute atomic E-state index is 15.3. The first-order chi connectivity index (χ1) is 19.9. The van der Waals surface area contributed by atoms with Gasteiger partial charge in [0.15, 0.2) is 69.8 Å². The fraction of sp³-hybridized carbons (Fsp3) is 0.226. The highest BCUT2D eigenvalue weighted by Crippen LogP contribution is 2.43. The van der Waals surface area contributed by atoms with Gasteiger partial charge in [0.25, 0.3) is 0 Å². The number of hydrogen-bond donors (Lipinski definition) is 0. The van der Waals surface area contributed by atoms with Crippen LogP contribution in [0.3, 0.4) is 0 Å². The highest BCUT2D eigenvalue weighted by molar-refractivity contribution is 5.83. The Bertz CT molecular complexity index is 1620. The van der Waals surface area contributed by atoms with E-state index in [-0.39, 0.29) is 0 Å². The van der Waals surface area contributed by atoms with Gasteiger partial charge >= 0.3 is 0 Å². The molecule has 0 aromatic heterocycles. The normalized spacial score (nSPS) is 11.8. The van der Waals surface area contributed by atoms with Gasteiger partial charge in [0.05, 0.1) is 16.7 Å². The smallest absolute Gasteiger partial charge is 0.170 e. The molecule has 0 radical (unpaired) electrons. The first kappa shape index (κ1) is 32.0. The lowest BCUT2D eigenvalue weighted by Gasteiger charge is -2.18. The van der Waals surface area contributed by atoms with Gasteiger partial charge < -0.3 is 0 Å². The fourth-order valence-corrected chi connectivity index (χ4v) is 4.87. The number of benzene rings is 4. The summed E-state index contributed by atoms with van der Waals surface area (Å²) in [6, 6.07) is 1.30. The van der Waals surface area contributed by atoms with E-state index in [4.69, 9.17) is 0 Å². The molecule has 0 aliphatic heterocycles. The van der Waals surface area contributed by atoms with E-state index in [1.807, 2.05) is 0 Å². The van der Waals surface area contributed by atoms with Crippen molar-refractivity contribution >= 4 is 0 Å². The Hall–Kier alpha value is -3.96. The Morgan fingerprint density at radius 1 is 0.349 bits per heavy atom. The molecule has 0 saturated heterocycles. The van der Waals surface area contributed by atoms with E-state index in [0.29, 0.717) is 25.1 Å². The van der Waals surface area contributed by atoms with E-state index < -0.39 is 132 Å². The van der Waals surface area contributed by atoms with E-state index in [1.165, 1.54) is 27.7 Å². The molecule has 0 atom stereocenters. The monoisotopic (exact) mass is 620 g/mol. The van der Waals surface area contributed by atoms with Crippen LogP contribution in [0, 0.1) is 76.7 Å². The summed E-state index contributed by atoms with van der Waals surface area (Å²) in [7, 11) is 0. The third-order valence-electron chi connectivity index (χ3n) is 7.03. The van der Waals surface area contributed by atoms with E-state index >= 15 is 17.6 Å². The Balaban J connectivity index is 2.22. The second-order valence-electron chi connectivity index (χ2n) is 10.5. The van der Waals surface area contributed by atoms with Gasteiger partial charge in [-0.05, 0) is 53.6 Å². The van der Waals surface area contributed by atoms with Crippen LogP contribution in [0.4, 0.5) is 52.7 Å². The van der Waals surface area contributed by atoms with Crippen molar-refractivity contribution in [1.82, 2.24) is 0 Å². The molecule has 0 saturated carbocycles. The van der Waals surface area contributed by atoms with Gasteiger partial charge in [-0.3, -0.25) is 0 Å². The van der Waals surface area contributed by atoms with Crippen LogP contribution in [0.25, 0.3) is 33.4 Å². The van der Waals surface area contributed by atoms with Crippen LogP contribution in [0.15, 0.2) is 18.2 Å². The van der Waals surface area contributed by atoms with Crippen LogP contribution in [0.2, 0.25) is 0 Å². The van der Waals surface area contributed by atoms with Crippen molar-refractivity contribution in [3.63, 3.8) is 0 Å². The second-order valence-corrected chi connectivity index (χ2v) is 10.5. The zero-order valence-electron chi connectivity index (χ0n) is 22.9. The largest absolute Gasteiger partial charge is 0.203 e. The fourth-order valence-electron chi connectivity index (χ4n) is 4.87. The number of halogens is 12. The van der Waals surface area contributed by atoms with Crippen molar-refractivity contribution in [2.24, 2.45) is 0 Å². The lowest BCUT2D eigenvalue weighted by molar-refractivity contribution is 0.436. The van der Waals surface area contributed by atoms with E-state index in [2.05, 4.69) is 0 Å². The molecule has 0 aliphatic carbocycles. The molecule has 0 fully saturated rings. The maximum Gasteiger partial charge on any atom is 0.170 e. The third-order valence-corrected chi connectivity index (χ3v) is 7.03. The molecular weight excluding hydrogens is 600 g/mol. The molecule has 12 heteroatoms. The number of hydrogen-bond acceptors (Lipinski definition) is 0. The molecule has 0 spiro atoms. The Morgan fingerprint density at radius 3 is 0.767 bits per heavy atom. The van der Waals surface area contributed by atoms with E-state index in [0.717, 1.165) is 0 Å². The summed E-state index contributed by atoms with van der Waals surface area (Å²) in [5.74, 6) is -25.8. The minimum absolute atomic E-state index is 0.430. The van der Waals surface area contributed by atoms with Crippen LogP contribution >= 0.6 is 0 Å². The molecule has 0 amide bonds. The SMILES string of the molecule is Cc1c(F)c(F)c(-c2cc(-c3c(F)c(F)c(C(C)C)c(F)c3F)cc(-c3c(F)c(F)c(C(C)C)c(F)c3F)c2)c(F)c1F. The third kappa shape index (κ3) is 4.94. The molecule has 4 rings (SSSR count). The summed E-state index contributed by atoms with van der Waals surface area (Å²) in [4.78, 5) is 0. The van der Waals surface area contributed by atoms with Crippen molar-refractivity contribution in [3.05, 3.63) is 105 Å². The highest BCUT2D eigenvalue weighted by Gasteiger charge is 2.32. The van der Waals surface area contributed by atoms with Crippen LogP contribution in [-0.2, 0) is 0 Å². The van der Waals surface area contributed by atoms with Crippen LogP contribution in [0.1, 0.15) is 56.2 Å². The maximum atomic E-state index is 15.3. The van der Waals surface area contributed by atoms with E-state index in [9.17, 15) is 35.1 Å². The van der Waals surface area contributed by atoms with E-state index in [1.54, 1.807) is 0 Å². The average Bonchev–Trinajstić information content (AvgIpc) is 2.93. The minimum atomic E-state index is -2.05. The lowest BCUT2D eigenvalue weighted by atomic mass is 9.89. The number of rotatable bonds is 5. The summed E-state index contributed by atoms with van der Waals surface area (Å²) < 4.78 is 180. The molecule has 0 N–H and O–H groups in total. The van der Waals surface area contributed by atoms with Crippen molar-refractivity contribution in [2.45, 2.75) is 46.5 Å². The summed E-state index contributed by atoms with van der Waals surface area (Å²) >= 11 is 0. The van der Waals surface area contributed by atoms with Gasteiger partial charge in [0.2, 0.25) is 0 Å². The van der Waals surface area contributed by atoms with Crippen LogP contribution < -0.4 is 0 Å². The zero-order chi connectivity index (χ0) is 32.4. The summed E-state index contributed by atoms with van der Waals surface area (Å²) in [5, 5.41) is 0. The van der Waals surface area contributed by atoms with Crippen molar-refractivity contribution in [2.75, 3.05) is 0 Å². The summed E-state index contributed by atoms with van der Waals surface area (Å²) in [6.45, 7) is 5.52. The van der Waals surface area contributed by atoms with Gasteiger partial charge in [0, 0.05) is 16.7 Å². The topological polar surface area (TPSA) is 0 Å². The molecule has 0 aliphatic rings. The standard InChI is InChI=1S/C31H20F12/c1-9(2)15-22(34)28(40)18(29(41)23(15)35)13-6-12(17-26(38)20(32)11(5)21(33)27(17)39)7-14(8-13)19-30(42)24(36)16(10(3)4)25(37)31(19)43/h6-10H,1-5H3. The van der Waals surface area contributed by atoms with Gasteiger partial charge in [0.1, 0.15) is 0 Å². The highest BCUT2D eigenvalue weighted by atomic mass is 19.2. The van der Waals surface area contributed by atoms with Crippen LogP contribution in [-0.4, -0.2) is 0 Å². The predicted molar refractivity (Wildman–Crippen MR) is 135 cm³/mol. The molecular formula is C31H20F12. The van der Waals surface area contributed by atoms with Gasteiger partial charge in [-0.2, -0.15) is 0 Å². The zero-order valence-corrected chi connectivity index (χ0v) is 22.9. The predicted octanol–water partition coefficient (Wildman–Crippen LogP) is 10.9. The van der Waals surface area contributed by atoms with Gasteiger partial charge in [-0.25, -0.2) is 52.7 Å². The Morgan fingerprint density at radius 2 is 0.558 bits per heavy atom. The van der Waals surface area contributed by atoms with Gasteiger partial charge in [-0.15, -0.1) is 0 Å². The first-order valence-electron chi connectivity index (χ1n) is 12.6. The second kappa shape index (κ2) is 11.3. The first-order valence-corrected chi connectivity index (χ1v) is 12.6. The molecule has 0 heterocycles. The molecule has 4 aromatic carbocycles. The quantitative estimate of drug-likeness (QED) is 0.154. The molecule has 0 unspecified atom stereocenters. The lowest BCUT2D eigenvalue weighted by Crippen LogP contribution is -2.09.